The Morgan fingerprint density at radius 3 is 2.47 bits per heavy atom. The van der Waals surface area contributed by atoms with Gasteiger partial charge in [-0.2, -0.15) is 0 Å². The van der Waals surface area contributed by atoms with E-state index in [2.05, 4.69) is 17.1 Å². The molecule has 6 nitrogen and oxygen atoms in total. The molecule has 1 saturated heterocycles. The number of hydrogen-bond donors (Lipinski definition) is 1. The van der Waals surface area contributed by atoms with Crippen molar-refractivity contribution in [2.24, 2.45) is 0 Å². The number of nitrogens with zero attached hydrogens (tertiary/aromatic N) is 1. The van der Waals surface area contributed by atoms with Crippen LogP contribution in [-0.4, -0.2) is 49.7 Å². The van der Waals surface area contributed by atoms with E-state index in [-0.39, 0.29) is 18.1 Å². The monoisotopic (exact) mass is 560 g/mol. The van der Waals surface area contributed by atoms with Crippen molar-refractivity contribution in [3.8, 4) is 11.5 Å². The molecule has 1 aromatic rings. The van der Waals surface area contributed by atoms with Gasteiger partial charge in [0.15, 0.2) is 11.5 Å². The van der Waals surface area contributed by atoms with E-state index in [1.54, 1.807) is 0 Å². The lowest BCUT2D eigenvalue weighted by atomic mass is 10.0. The van der Waals surface area contributed by atoms with Crippen LogP contribution in [0.2, 0.25) is 0 Å². The number of benzene rings is 1. The molecular formula is C25H41IN2O4. The highest BCUT2D eigenvalue weighted by Crippen LogP contribution is 2.35. The molecule has 2 aliphatic rings. The second kappa shape index (κ2) is 15.7. The molecule has 0 saturated carbocycles. The Morgan fingerprint density at radius 2 is 1.78 bits per heavy atom. The number of unbranched alkanes of at least 4 members (excludes halogenated alkanes) is 4. The van der Waals surface area contributed by atoms with Crippen molar-refractivity contribution in [2.75, 3.05) is 32.8 Å². The maximum Gasteiger partial charge on any atom is 0.220 e. The van der Waals surface area contributed by atoms with E-state index < -0.39 is 0 Å². The predicted molar refractivity (Wildman–Crippen MR) is 138 cm³/mol. The molecule has 0 radical (unpaired) electrons. The van der Waals surface area contributed by atoms with Crippen LogP contribution in [0.3, 0.4) is 0 Å². The largest absolute Gasteiger partial charge is 0.486 e. The second-order valence-corrected chi connectivity index (χ2v) is 8.77. The Labute approximate surface area is 208 Å². The summed E-state index contributed by atoms with van der Waals surface area (Å²) in [5, 5.41) is 3.28. The number of fused-ring (bicyclic) bond motifs is 1. The molecular weight excluding hydrogens is 519 g/mol. The SMILES string of the molecule is CC.CCCCCCCC(=O)NC(CN1CCCC1)C(OI)c1ccc2c(c1)OCCO2. The summed E-state index contributed by atoms with van der Waals surface area (Å²) < 4.78 is 17.3. The Balaban J connectivity index is 0.00000176. The van der Waals surface area contributed by atoms with Crippen molar-refractivity contribution >= 4 is 28.9 Å². The summed E-state index contributed by atoms with van der Waals surface area (Å²) in [6.07, 6.45) is 8.51. The summed E-state index contributed by atoms with van der Waals surface area (Å²) in [6, 6.07) is 5.84. The number of likely N-dealkylation sites (tertiary alicyclic amines) is 1. The zero-order chi connectivity index (χ0) is 23.2. The van der Waals surface area contributed by atoms with E-state index in [0.717, 1.165) is 49.5 Å². The number of hydrogen-bond acceptors (Lipinski definition) is 5. The van der Waals surface area contributed by atoms with Gasteiger partial charge in [-0.25, -0.2) is 0 Å². The first-order valence-electron chi connectivity index (χ1n) is 12.4. The standard InChI is InChI=1S/C23H35IN2O4.C2H6/c1-2-3-4-5-6-9-22(27)25-19(17-26-12-7-8-13-26)23(30-24)18-10-11-20-21(16-18)29-15-14-28-20;1-2/h10-11,16,19,23H,2-9,12-15,17H2,1H3,(H,25,27);1-2H3. The predicted octanol–water partition coefficient (Wildman–Crippen LogP) is 5.83. The molecule has 0 aromatic heterocycles. The molecule has 1 N–H and O–H groups in total. The Bertz CT molecular complexity index is 667. The van der Waals surface area contributed by atoms with E-state index in [0.29, 0.717) is 19.6 Å². The molecule has 32 heavy (non-hydrogen) atoms. The second-order valence-electron chi connectivity index (χ2n) is 8.26. The molecule has 2 aliphatic heterocycles. The van der Waals surface area contributed by atoms with Crippen molar-refractivity contribution in [1.82, 2.24) is 10.2 Å². The van der Waals surface area contributed by atoms with Crippen LogP contribution in [0.1, 0.15) is 83.8 Å². The molecule has 7 heteroatoms. The van der Waals surface area contributed by atoms with E-state index >= 15 is 0 Å². The summed E-state index contributed by atoms with van der Waals surface area (Å²) in [7, 11) is 0. The molecule has 1 amide bonds. The summed E-state index contributed by atoms with van der Waals surface area (Å²) in [4.78, 5) is 15.1. The van der Waals surface area contributed by atoms with E-state index in [9.17, 15) is 4.79 Å². The molecule has 3 rings (SSSR count). The first-order chi connectivity index (χ1) is 15.7. The fraction of sp³-hybridized carbons (Fsp3) is 0.720. The lowest BCUT2D eigenvalue weighted by molar-refractivity contribution is -0.122. The number of halogens is 1. The molecule has 1 aromatic carbocycles. The van der Waals surface area contributed by atoms with Gasteiger partial charge in [-0.3, -0.25) is 4.79 Å². The van der Waals surface area contributed by atoms with Crippen molar-refractivity contribution in [2.45, 2.75) is 84.3 Å². The summed E-state index contributed by atoms with van der Waals surface area (Å²) in [5.41, 5.74) is 1.00. The topological polar surface area (TPSA) is 60.0 Å². The van der Waals surface area contributed by atoms with Gasteiger partial charge >= 0.3 is 0 Å². The normalized spacial score (nSPS) is 17.2. The van der Waals surface area contributed by atoms with Gasteiger partial charge in [-0.05, 0) is 50.0 Å². The smallest absolute Gasteiger partial charge is 0.220 e. The minimum atomic E-state index is -0.244. The fourth-order valence-corrected chi connectivity index (χ4v) is 4.86. The summed E-state index contributed by atoms with van der Waals surface area (Å²) in [6.45, 7) is 10.3. The molecule has 182 valence electrons. The van der Waals surface area contributed by atoms with E-state index in [1.165, 1.54) is 32.1 Å². The van der Waals surface area contributed by atoms with Gasteiger partial charge in [0.05, 0.1) is 6.04 Å². The van der Waals surface area contributed by atoms with Crippen LogP contribution >= 0.6 is 23.0 Å². The Morgan fingerprint density at radius 1 is 1.09 bits per heavy atom. The minimum absolute atomic E-state index is 0.106. The third kappa shape index (κ3) is 8.71. The summed E-state index contributed by atoms with van der Waals surface area (Å²) in [5.74, 6) is 1.63. The van der Waals surface area contributed by atoms with Crippen LogP contribution in [0.15, 0.2) is 18.2 Å². The first kappa shape index (κ1) is 27.2. The van der Waals surface area contributed by atoms with Crippen LogP contribution in [0, 0.1) is 0 Å². The first-order valence-corrected chi connectivity index (χ1v) is 13.3. The quantitative estimate of drug-likeness (QED) is 0.258. The van der Waals surface area contributed by atoms with Gasteiger partial charge in [0.2, 0.25) is 5.91 Å². The number of carbonyl (C=O) groups is 1. The number of ether oxygens (including phenoxy) is 2. The molecule has 2 unspecified atom stereocenters. The third-order valence-electron chi connectivity index (χ3n) is 5.86. The van der Waals surface area contributed by atoms with E-state index in [1.807, 2.05) is 55.1 Å². The van der Waals surface area contributed by atoms with Crippen LogP contribution in [0.4, 0.5) is 0 Å². The molecule has 0 aliphatic carbocycles. The van der Waals surface area contributed by atoms with Gasteiger partial charge < -0.3 is 22.8 Å². The minimum Gasteiger partial charge on any atom is -0.486 e. The number of nitrogens with one attached hydrogen (secondary N) is 1. The molecule has 2 atom stereocenters. The average molecular weight is 561 g/mol. The molecule has 0 spiro atoms. The zero-order valence-electron chi connectivity index (χ0n) is 20.0. The van der Waals surface area contributed by atoms with Gasteiger partial charge in [0.25, 0.3) is 0 Å². The fourth-order valence-electron chi connectivity index (χ4n) is 4.21. The summed E-state index contributed by atoms with van der Waals surface area (Å²) >= 11 is 1.96. The molecule has 1 fully saturated rings. The van der Waals surface area contributed by atoms with Crippen LogP contribution in [0.5, 0.6) is 11.5 Å². The van der Waals surface area contributed by atoms with Crippen LogP contribution in [0.25, 0.3) is 0 Å². The number of amides is 1. The Hall–Kier alpha value is -1.06. The van der Waals surface area contributed by atoms with Crippen molar-refractivity contribution in [3.05, 3.63) is 23.8 Å². The lowest BCUT2D eigenvalue weighted by Crippen LogP contribution is -2.46. The Kier molecular flexibility index (Phi) is 13.4. The van der Waals surface area contributed by atoms with Crippen LogP contribution < -0.4 is 14.8 Å². The molecule has 0 bridgehead atoms. The maximum absolute atomic E-state index is 12.7. The van der Waals surface area contributed by atoms with Crippen molar-refractivity contribution in [3.63, 3.8) is 0 Å². The molecule has 2 heterocycles. The number of carbonyl (C=O) groups excluding carboxylic acids is 1. The zero-order valence-corrected chi connectivity index (χ0v) is 22.2. The highest BCUT2D eigenvalue weighted by atomic mass is 127. The van der Waals surface area contributed by atoms with Gasteiger partial charge in [0, 0.05) is 13.0 Å². The van der Waals surface area contributed by atoms with Crippen molar-refractivity contribution < 1.29 is 17.3 Å². The van der Waals surface area contributed by atoms with Gasteiger partial charge in [-0.15, -0.1) is 0 Å². The van der Waals surface area contributed by atoms with Crippen LogP contribution in [-0.2, 0) is 7.86 Å². The highest BCUT2D eigenvalue weighted by Gasteiger charge is 2.29. The third-order valence-corrected chi connectivity index (χ3v) is 6.41. The lowest BCUT2D eigenvalue weighted by Gasteiger charge is -2.31. The highest BCUT2D eigenvalue weighted by molar-refractivity contribution is 14.1. The number of rotatable bonds is 12. The van der Waals surface area contributed by atoms with Gasteiger partial charge in [0.1, 0.15) is 42.3 Å². The van der Waals surface area contributed by atoms with E-state index in [4.69, 9.17) is 12.5 Å². The maximum atomic E-state index is 12.7. The average Bonchev–Trinajstić information content (AvgIpc) is 3.34. The van der Waals surface area contributed by atoms with Crippen molar-refractivity contribution in [1.29, 1.82) is 0 Å². The van der Waals surface area contributed by atoms with Gasteiger partial charge in [-0.1, -0.05) is 52.5 Å².